The fourth-order valence-corrected chi connectivity index (χ4v) is 12.0. The molecular formula is C59H53N7O9. The van der Waals surface area contributed by atoms with Gasteiger partial charge in [0.1, 0.15) is 19.4 Å². The molecule has 16 heteroatoms. The molecule has 8 heterocycles. The van der Waals surface area contributed by atoms with Crippen molar-refractivity contribution < 1.29 is 43.3 Å². The van der Waals surface area contributed by atoms with Gasteiger partial charge in [-0.05, 0) is 83.7 Å². The number of aryl methyl sites for hydroxylation is 4. The zero-order chi connectivity index (χ0) is 51.5. The number of fused-ring (bicyclic) bond motifs is 2. The molecule has 0 bridgehead atoms. The highest BCUT2D eigenvalue weighted by atomic mass is 16.6. The first-order valence-electron chi connectivity index (χ1n) is 25.4. The number of nitrogens with zero attached hydrogens (tertiary/aromatic N) is 4. The highest BCUT2D eigenvalue weighted by Crippen LogP contribution is 2.49. The van der Waals surface area contributed by atoms with Gasteiger partial charge in [0.2, 0.25) is 23.6 Å². The van der Waals surface area contributed by atoms with Gasteiger partial charge in [-0.25, -0.2) is 14.5 Å². The molecule has 0 radical (unpaired) electrons. The molecule has 2 fully saturated rings. The Bertz CT molecular complexity index is 3760. The smallest absolute Gasteiger partial charge is 0.408 e. The van der Waals surface area contributed by atoms with Gasteiger partial charge in [0.25, 0.3) is 0 Å². The van der Waals surface area contributed by atoms with Gasteiger partial charge < -0.3 is 39.0 Å². The molecule has 5 atom stereocenters. The summed E-state index contributed by atoms with van der Waals surface area (Å²) in [6.45, 7) is 2.06. The number of carbonyl (C=O) groups is 6. The number of para-hydroxylation sites is 4. The lowest BCUT2D eigenvalue weighted by Gasteiger charge is -2.18. The Morgan fingerprint density at radius 2 is 1.05 bits per heavy atom. The number of benzene rings is 5. The van der Waals surface area contributed by atoms with Crippen molar-refractivity contribution in [3.63, 3.8) is 0 Å². The molecule has 5 amide bonds. The van der Waals surface area contributed by atoms with E-state index in [9.17, 15) is 33.9 Å². The number of hydrogen-bond acceptors (Lipinski definition) is 9. The second-order valence-electron chi connectivity index (χ2n) is 19.7. The first-order chi connectivity index (χ1) is 36.6. The third-order valence-electron chi connectivity index (χ3n) is 15.5. The van der Waals surface area contributed by atoms with Crippen LogP contribution >= 0.6 is 0 Å². The van der Waals surface area contributed by atoms with Crippen molar-refractivity contribution >= 4 is 79.3 Å². The predicted molar refractivity (Wildman–Crippen MR) is 279 cm³/mol. The summed E-state index contributed by atoms with van der Waals surface area (Å²) in [4.78, 5) is 88.6. The van der Waals surface area contributed by atoms with Crippen LogP contribution in [-0.2, 0) is 66.0 Å². The largest absolute Gasteiger partial charge is 0.445 e. The zero-order valence-corrected chi connectivity index (χ0v) is 41.0. The minimum atomic E-state index is -1.07. The lowest BCUT2D eigenvalue weighted by Crippen LogP contribution is -2.42. The summed E-state index contributed by atoms with van der Waals surface area (Å²) < 4.78 is 15.0. The maximum absolute atomic E-state index is 14.2. The fraction of sp³-hybridized carbons (Fsp3) is 0.254. The highest BCUT2D eigenvalue weighted by Gasteiger charge is 2.52. The van der Waals surface area contributed by atoms with Crippen LogP contribution in [-0.4, -0.2) is 89.2 Å². The monoisotopic (exact) mass is 1000 g/mol. The minimum absolute atomic E-state index is 0.0414. The quantitative estimate of drug-likeness (QED) is 0.0726. The van der Waals surface area contributed by atoms with Crippen molar-refractivity contribution in [2.45, 2.75) is 82.0 Å². The molecule has 0 spiro atoms. The van der Waals surface area contributed by atoms with Crippen molar-refractivity contribution in [2.24, 2.45) is 0 Å². The number of aromatic amines is 2. The summed E-state index contributed by atoms with van der Waals surface area (Å²) >= 11 is 0. The molecule has 5 aromatic carbocycles. The summed E-state index contributed by atoms with van der Waals surface area (Å²) in [6.07, 6.45) is 10.9. The van der Waals surface area contributed by atoms with E-state index in [1.165, 1.54) is 23.6 Å². The van der Waals surface area contributed by atoms with E-state index < -0.39 is 67.1 Å². The second kappa shape index (κ2) is 19.3. The summed E-state index contributed by atoms with van der Waals surface area (Å²) in [5, 5.41) is 16.0. The Morgan fingerprint density at radius 3 is 1.57 bits per heavy atom. The lowest BCUT2D eigenvalue weighted by atomic mass is 9.83. The standard InChI is InChI=1S/C35H32N4O6.C24H21N3O3/c1-21(37-35(43)44-19-22-9-3-2-4-10-22)34(42)45-20-39-32(40)29(26-17-36-28-15-6-5-13-24(26)28)30(33(39)41)27-18-38-16-8-12-23-11-7-14-25(27)31(23)38;28-13-27-23(29)20(17-11-25-19-9-2-1-7-15(17)19)21(24(27)30)18-12-26-10-4-6-14-5-3-8-16(18)22(14)26/h2-7,9-11,13-15,17-18,21,29-30,36H,8,12,16,19-20H2,1H3,(H,37,43);1-3,5,7-9,11-12,20-21,25,28H,4,6,10,13H2. The van der Waals surface area contributed by atoms with E-state index in [0.717, 1.165) is 109 Å². The number of aromatic nitrogens is 4. The van der Waals surface area contributed by atoms with Crippen LogP contribution in [0.3, 0.4) is 0 Å². The number of rotatable bonds is 11. The van der Waals surface area contributed by atoms with Crippen LogP contribution in [0.15, 0.2) is 140 Å². The number of likely N-dealkylation sites (tertiary alicyclic amines) is 2. The van der Waals surface area contributed by atoms with E-state index in [2.05, 4.69) is 36.6 Å². The van der Waals surface area contributed by atoms with Gasteiger partial charge in [-0.2, -0.15) is 0 Å². The number of amides is 5. The summed E-state index contributed by atoms with van der Waals surface area (Å²) in [5.74, 6) is -5.30. The van der Waals surface area contributed by atoms with Crippen molar-refractivity contribution in [3.05, 3.63) is 179 Å². The normalized spacial score (nSPS) is 19.5. The Kier molecular flexibility index (Phi) is 12.1. The van der Waals surface area contributed by atoms with Crippen molar-refractivity contribution in [2.75, 3.05) is 13.5 Å². The van der Waals surface area contributed by atoms with Crippen LogP contribution in [0.5, 0.6) is 0 Å². The van der Waals surface area contributed by atoms with Gasteiger partial charge in [0.05, 0.1) is 34.7 Å². The molecule has 4 aliphatic heterocycles. The van der Waals surface area contributed by atoms with E-state index in [0.29, 0.717) is 5.56 Å². The second-order valence-corrected chi connectivity index (χ2v) is 19.7. The first-order valence-corrected chi connectivity index (χ1v) is 25.4. The molecule has 9 aromatic rings. The third kappa shape index (κ3) is 8.12. The average molecular weight is 1000 g/mol. The van der Waals surface area contributed by atoms with Crippen LogP contribution in [0.25, 0.3) is 43.6 Å². The fourth-order valence-electron chi connectivity index (χ4n) is 12.0. The molecule has 378 valence electrons. The number of H-pyrrole nitrogens is 2. The Morgan fingerprint density at radius 1 is 0.587 bits per heavy atom. The summed E-state index contributed by atoms with van der Waals surface area (Å²) in [7, 11) is 0. The molecule has 5 unspecified atom stereocenters. The van der Waals surface area contributed by atoms with Gasteiger partial charge in [-0.15, -0.1) is 0 Å². The summed E-state index contributed by atoms with van der Waals surface area (Å²) in [5.41, 5.74) is 10.5. The number of alkyl carbamates (subject to hydrolysis) is 1. The van der Waals surface area contributed by atoms with E-state index in [1.807, 2.05) is 122 Å². The van der Waals surface area contributed by atoms with Crippen molar-refractivity contribution in [1.29, 1.82) is 0 Å². The Labute approximate surface area is 429 Å². The predicted octanol–water partition coefficient (Wildman–Crippen LogP) is 8.38. The molecule has 4 aromatic heterocycles. The topological polar surface area (TPSA) is 201 Å². The number of ether oxygens (including phenoxy) is 2. The zero-order valence-electron chi connectivity index (χ0n) is 41.0. The molecule has 0 aliphatic carbocycles. The van der Waals surface area contributed by atoms with Gasteiger partial charge in [-0.3, -0.25) is 24.1 Å². The maximum atomic E-state index is 14.2. The molecule has 16 nitrogen and oxygen atoms in total. The Hall–Kier alpha value is -8.76. The number of imide groups is 2. The van der Waals surface area contributed by atoms with Crippen LogP contribution in [0, 0.1) is 0 Å². The van der Waals surface area contributed by atoms with Crippen LogP contribution in [0.2, 0.25) is 0 Å². The van der Waals surface area contributed by atoms with E-state index in [4.69, 9.17) is 9.47 Å². The molecular weight excluding hydrogens is 951 g/mol. The van der Waals surface area contributed by atoms with Crippen LogP contribution in [0.4, 0.5) is 4.79 Å². The number of hydrogen-bond donors (Lipinski definition) is 4. The maximum Gasteiger partial charge on any atom is 0.408 e. The lowest BCUT2D eigenvalue weighted by molar-refractivity contribution is -0.157. The van der Waals surface area contributed by atoms with Gasteiger partial charge in [0.15, 0.2) is 6.73 Å². The van der Waals surface area contributed by atoms with Crippen LogP contribution < -0.4 is 5.32 Å². The highest BCUT2D eigenvalue weighted by molar-refractivity contribution is 6.14. The molecule has 0 saturated carbocycles. The van der Waals surface area contributed by atoms with Crippen molar-refractivity contribution in [3.8, 4) is 0 Å². The molecule has 75 heavy (non-hydrogen) atoms. The van der Waals surface area contributed by atoms with E-state index in [1.54, 1.807) is 6.20 Å². The number of aliphatic hydroxyl groups is 1. The minimum Gasteiger partial charge on any atom is -0.445 e. The number of nitrogens with one attached hydrogen (secondary N) is 3. The molecule has 2 saturated heterocycles. The Balaban J connectivity index is 0.000000164. The number of aliphatic hydroxyl groups excluding tert-OH is 1. The average Bonchev–Trinajstić information content (AvgIpc) is 4.30. The number of esters is 1. The summed E-state index contributed by atoms with van der Waals surface area (Å²) in [6, 6.07) is 35.9. The molecule has 4 N–H and O–H groups in total. The SMILES string of the molecule is CC(NC(=O)OCc1ccccc1)C(=O)OCN1C(=O)C(c2c[nH]c3ccccc23)C(c2cn3c4c(cccc24)CCC3)C1=O.O=C1C(c2c[nH]c3ccccc23)C(c2cn3c4c(cccc24)CCC3)C(=O)N1CO. The van der Waals surface area contributed by atoms with E-state index >= 15 is 0 Å². The van der Waals surface area contributed by atoms with Gasteiger partial charge in [0, 0.05) is 70.5 Å². The van der Waals surface area contributed by atoms with Crippen molar-refractivity contribution in [1.82, 2.24) is 34.2 Å². The first kappa shape index (κ1) is 47.3. The van der Waals surface area contributed by atoms with Gasteiger partial charge in [-0.1, -0.05) is 103 Å². The van der Waals surface area contributed by atoms with E-state index in [-0.39, 0.29) is 18.4 Å². The molecule has 4 aliphatic rings. The number of carbonyl (C=O) groups excluding carboxylic acids is 6. The van der Waals surface area contributed by atoms with Crippen LogP contribution in [0.1, 0.15) is 82.4 Å². The molecule has 13 rings (SSSR count). The third-order valence-corrected chi connectivity index (χ3v) is 15.5. The van der Waals surface area contributed by atoms with Gasteiger partial charge >= 0.3 is 12.1 Å².